The van der Waals surface area contributed by atoms with Gasteiger partial charge in [0.1, 0.15) is 11.9 Å². The van der Waals surface area contributed by atoms with Crippen molar-refractivity contribution < 1.29 is 14.3 Å². The normalized spacial score (nSPS) is 16.5. The van der Waals surface area contributed by atoms with E-state index in [0.29, 0.717) is 13.0 Å². The fraction of sp³-hybridized carbons (Fsp3) is 0.250. The first-order valence-corrected chi connectivity index (χ1v) is 10.0. The van der Waals surface area contributed by atoms with Crippen LogP contribution in [-0.2, 0) is 16.1 Å². The zero-order valence-corrected chi connectivity index (χ0v) is 16.8. The number of esters is 1. The number of ether oxygens (including phenoxy) is 2. The molecule has 3 aromatic carbocycles. The molecule has 1 aliphatic rings. The molecular formula is C24H22N2O4. The highest BCUT2D eigenvalue weighted by Gasteiger charge is 2.28. The van der Waals surface area contributed by atoms with Crippen LogP contribution in [0.2, 0.25) is 0 Å². The monoisotopic (exact) mass is 402 g/mol. The fourth-order valence-electron chi connectivity index (χ4n) is 4.26. The number of carbonyl (C=O) groups is 1. The van der Waals surface area contributed by atoms with Crippen molar-refractivity contribution in [3.8, 4) is 5.75 Å². The quantitative estimate of drug-likeness (QED) is 0.517. The molecular weight excluding hydrogens is 380 g/mol. The van der Waals surface area contributed by atoms with E-state index in [0.717, 1.165) is 38.7 Å². The third kappa shape index (κ3) is 2.96. The number of benzene rings is 3. The lowest BCUT2D eigenvalue weighted by Gasteiger charge is -2.25. The summed E-state index contributed by atoms with van der Waals surface area (Å²) in [6, 6.07) is 17.5. The topological polar surface area (TPSA) is 73.3 Å². The SMILES string of the molecule is COc1ccc2cc([C@@H](C)C(=O)OC3CCn4c(=O)[nH]c5cccc3c54)ccc2c1. The molecule has 0 bridgehead atoms. The number of hydrogen-bond donors (Lipinski definition) is 1. The number of aryl methyl sites for hydroxylation is 1. The molecule has 2 heterocycles. The summed E-state index contributed by atoms with van der Waals surface area (Å²) in [5.41, 5.74) is 3.27. The summed E-state index contributed by atoms with van der Waals surface area (Å²) in [5.74, 6) is 0.139. The molecule has 0 amide bonds. The number of fused-ring (bicyclic) bond motifs is 1. The van der Waals surface area contributed by atoms with Gasteiger partial charge in [-0.15, -0.1) is 0 Å². The molecule has 5 rings (SSSR count). The van der Waals surface area contributed by atoms with Crippen molar-refractivity contribution >= 4 is 27.8 Å². The maximum absolute atomic E-state index is 13.0. The van der Waals surface area contributed by atoms with Gasteiger partial charge in [0.2, 0.25) is 0 Å². The minimum Gasteiger partial charge on any atom is -0.497 e. The van der Waals surface area contributed by atoms with E-state index in [1.807, 2.05) is 61.5 Å². The molecule has 6 heteroatoms. The van der Waals surface area contributed by atoms with E-state index in [-0.39, 0.29) is 17.8 Å². The maximum atomic E-state index is 13.0. The number of aromatic nitrogens is 2. The Morgan fingerprint density at radius 3 is 2.77 bits per heavy atom. The lowest BCUT2D eigenvalue weighted by molar-refractivity contribution is -0.151. The molecule has 0 spiro atoms. The van der Waals surface area contributed by atoms with Gasteiger partial charge >= 0.3 is 11.7 Å². The largest absolute Gasteiger partial charge is 0.497 e. The van der Waals surface area contributed by atoms with Crippen molar-refractivity contribution in [1.82, 2.24) is 9.55 Å². The second kappa shape index (κ2) is 7.06. The zero-order chi connectivity index (χ0) is 20.8. The third-order valence-corrected chi connectivity index (χ3v) is 5.97. The van der Waals surface area contributed by atoms with Crippen LogP contribution in [0.5, 0.6) is 5.75 Å². The molecule has 0 aliphatic carbocycles. The maximum Gasteiger partial charge on any atom is 0.326 e. The van der Waals surface area contributed by atoms with Crippen LogP contribution in [0.3, 0.4) is 0 Å². The van der Waals surface area contributed by atoms with E-state index in [1.165, 1.54) is 0 Å². The molecule has 1 aromatic heterocycles. The molecule has 4 aromatic rings. The van der Waals surface area contributed by atoms with Crippen LogP contribution in [0, 0.1) is 0 Å². The first kappa shape index (κ1) is 18.5. The summed E-state index contributed by atoms with van der Waals surface area (Å²) in [7, 11) is 1.65. The van der Waals surface area contributed by atoms with Crippen molar-refractivity contribution in [3.05, 3.63) is 76.2 Å². The van der Waals surface area contributed by atoms with Crippen LogP contribution in [0.25, 0.3) is 21.8 Å². The Kier molecular flexibility index (Phi) is 4.35. The molecule has 0 radical (unpaired) electrons. The molecule has 1 unspecified atom stereocenters. The van der Waals surface area contributed by atoms with E-state index in [4.69, 9.17) is 9.47 Å². The lowest BCUT2D eigenvalue weighted by atomic mass is 9.97. The predicted molar refractivity (Wildman–Crippen MR) is 115 cm³/mol. The number of carbonyl (C=O) groups excluding carboxylic acids is 1. The molecule has 1 N–H and O–H groups in total. The first-order valence-electron chi connectivity index (χ1n) is 10.0. The van der Waals surface area contributed by atoms with Crippen molar-refractivity contribution in [2.45, 2.75) is 31.9 Å². The van der Waals surface area contributed by atoms with Gasteiger partial charge < -0.3 is 14.5 Å². The number of para-hydroxylation sites is 1. The number of nitrogens with one attached hydrogen (secondary N) is 1. The smallest absolute Gasteiger partial charge is 0.326 e. The Morgan fingerprint density at radius 2 is 1.93 bits per heavy atom. The van der Waals surface area contributed by atoms with Gasteiger partial charge in [-0.2, -0.15) is 0 Å². The first-order chi connectivity index (χ1) is 14.5. The highest BCUT2D eigenvalue weighted by atomic mass is 16.5. The Bertz CT molecular complexity index is 1330. The summed E-state index contributed by atoms with van der Waals surface area (Å²) in [6.07, 6.45) is 0.225. The minimum absolute atomic E-state index is 0.122. The molecule has 30 heavy (non-hydrogen) atoms. The molecule has 6 nitrogen and oxygen atoms in total. The van der Waals surface area contributed by atoms with E-state index in [1.54, 1.807) is 11.7 Å². The Morgan fingerprint density at radius 1 is 1.13 bits per heavy atom. The average Bonchev–Trinajstić information content (AvgIpc) is 3.10. The molecule has 0 saturated carbocycles. The minimum atomic E-state index is -0.397. The van der Waals surface area contributed by atoms with Gasteiger partial charge in [0.15, 0.2) is 0 Å². The van der Waals surface area contributed by atoms with E-state index >= 15 is 0 Å². The predicted octanol–water partition coefficient (Wildman–Crippen LogP) is 4.28. The highest BCUT2D eigenvalue weighted by molar-refractivity contribution is 5.87. The number of hydrogen-bond acceptors (Lipinski definition) is 4. The van der Waals surface area contributed by atoms with Gasteiger partial charge in [-0.1, -0.05) is 36.4 Å². The van der Waals surface area contributed by atoms with Gasteiger partial charge in [0.25, 0.3) is 0 Å². The number of methoxy groups -OCH3 is 1. The second-order valence-corrected chi connectivity index (χ2v) is 7.73. The van der Waals surface area contributed by atoms with E-state index < -0.39 is 5.92 Å². The number of imidazole rings is 1. The van der Waals surface area contributed by atoms with Crippen LogP contribution in [0.1, 0.15) is 36.5 Å². The van der Waals surface area contributed by atoms with Crippen molar-refractivity contribution in [2.24, 2.45) is 0 Å². The van der Waals surface area contributed by atoms with Crippen molar-refractivity contribution in [3.63, 3.8) is 0 Å². The second-order valence-electron chi connectivity index (χ2n) is 7.73. The Labute approximate surface area is 173 Å². The highest BCUT2D eigenvalue weighted by Crippen LogP contribution is 2.34. The van der Waals surface area contributed by atoms with Gasteiger partial charge in [0, 0.05) is 18.5 Å². The van der Waals surface area contributed by atoms with Gasteiger partial charge in [-0.3, -0.25) is 9.36 Å². The average molecular weight is 402 g/mol. The number of H-pyrrole nitrogens is 1. The molecule has 0 saturated heterocycles. The molecule has 0 fully saturated rings. The summed E-state index contributed by atoms with van der Waals surface area (Å²) in [6.45, 7) is 2.39. The van der Waals surface area contributed by atoms with Gasteiger partial charge in [-0.05, 0) is 41.5 Å². The van der Waals surface area contributed by atoms with Crippen LogP contribution in [-0.4, -0.2) is 22.6 Å². The summed E-state index contributed by atoms with van der Waals surface area (Å²) in [5, 5.41) is 2.11. The summed E-state index contributed by atoms with van der Waals surface area (Å²) in [4.78, 5) is 27.9. The lowest BCUT2D eigenvalue weighted by Crippen LogP contribution is -2.25. The van der Waals surface area contributed by atoms with E-state index in [2.05, 4.69) is 4.98 Å². The third-order valence-electron chi connectivity index (χ3n) is 5.97. The summed E-state index contributed by atoms with van der Waals surface area (Å²) >= 11 is 0. The Hall–Kier alpha value is -3.54. The molecule has 1 aliphatic heterocycles. The van der Waals surface area contributed by atoms with E-state index in [9.17, 15) is 9.59 Å². The van der Waals surface area contributed by atoms with Gasteiger partial charge in [0.05, 0.1) is 24.1 Å². The van der Waals surface area contributed by atoms with Gasteiger partial charge in [-0.25, -0.2) is 4.79 Å². The van der Waals surface area contributed by atoms with Crippen LogP contribution >= 0.6 is 0 Å². The Balaban J connectivity index is 1.41. The van der Waals surface area contributed by atoms with Crippen molar-refractivity contribution in [1.29, 1.82) is 0 Å². The molecule has 2 atom stereocenters. The zero-order valence-electron chi connectivity index (χ0n) is 16.8. The number of nitrogens with zero attached hydrogens (tertiary/aromatic N) is 1. The summed E-state index contributed by atoms with van der Waals surface area (Å²) < 4.78 is 12.9. The standard InChI is InChI=1S/C24H22N2O4/c1-14(15-6-7-17-13-18(29-2)9-8-16(17)12-15)23(27)30-21-10-11-26-22-19(21)4-3-5-20(22)25-24(26)28/h3-9,12-14,21H,10-11H2,1-2H3,(H,25,28)/t14-,21?/m1/s1. The number of rotatable bonds is 4. The fourth-order valence-corrected chi connectivity index (χ4v) is 4.26. The van der Waals surface area contributed by atoms with Crippen LogP contribution < -0.4 is 10.4 Å². The van der Waals surface area contributed by atoms with Crippen LogP contribution in [0.15, 0.2) is 59.4 Å². The molecule has 152 valence electrons. The number of aromatic amines is 1. The van der Waals surface area contributed by atoms with Crippen molar-refractivity contribution in [2.75, 3.05) is 7.11 Å². The van der Waals surface area contributed by atoms with Crippen LogP contribution in [0.4, 0.5) is 0 Å².